The van der Waals surface area contributed by atoms with Gasteiger partial charge in [0.15, 0.2) is 11.5 Å². The maximum absolute atomic E-state index is 12.7. The molecule has 0 radical (unpaired) electrons. The van der Waals surface area contributed by atoms with E-state index in [2.05, 4.69) is 5.32 Å². The van der Waals surface area contributed by atoms with Gasteiger partial charge in [-0.2, -0.15) is 4.31 Å². The highest BCUT2D eigenvalue weighted by molar-refractivity contribution is 7.88. The Morgan fingerprint density at radius 2 is 1.61 bits per heavy atom. The van der Waals surface area contributed by atoms with Gasteiger partial charge in [-0.3, -0.25) is 4.79 Å². The molecule has 2 aromatic carbocycles. The number of rotatable bonds is 9. The van der Waals surface area contributed by atoms with Gasteiger partial charge in [-0.25, -0.2) is 13.2 Å². The minimum atomic E-state index is -3.71. The van der Waals surface area contributed by atoms with Crippen LogP contribution in [0.25, 0.3) is 0 Å². The van der Waals surface area contributed by atoms with Crippen molar-refractivity contribution in [3.63, 3.8) is 0 Å². The second-order valence-electron chi connectivity index (χ2n) is 6.45. The minimum absolute atomic E-state index is 0.0251. The fourth-order valence-corrected chi connectivity index (χ4v) is 3.56. The van der Waals surface area contributed by atoms with Gasteiger partial charge in [0.1, 0.15) is 0 Å². The van der Waals surface area contributed by atoms with Gasteiger partial charge >= 0.3 is 5.97 Å². The molecule has 1 amide bonds. The van der Waals surface area contributed by atoms with Crippen LogP contribution in [0.2, 0.25) is 5.02 Å². The summed E-state index contributed by atoms with van der Waals surface area (Å²) in [7, 11) is 0.287. The summed E-state index contributed by atoms with van der Waals surface area (Å²) >= 11 is 5.86. The van der Waals surface area contributed by atoms with Crippen molar-refractivity contribution in [3.8, 4) is 11.5 Å². The molecule has 1 N–H and O–H groups in total. The molecule has 0 saturated carbocycles. The van der Waals surface area contributed by atoms with Gasteiger partial charge in [0.05, 0.1) is 45.4 Å². The topological polar surface area (TPSA) is 111 Å². The molecule has 0 atom stereocenters. The highest BCUT2D eigenvalue weighted by Crippen LogP contribution is 2.33. The molecule has 31 heavy (non-hydrogen) atoms. The van der Waals surface area contributed by atoms with Gasteiger partial charge in [0, 0.05) is 23.7 Å². The molecule has 9 nitrogen and oxygen atoms in total. The molecule has 2 rings (SSSR count). The number of amides is 1. The summed E-state index contributed by atoms with van der Waals surface area (Å²) in [5, 5.41) is 3.06. The number of anilines is 1. The lowest BCUT2D eigenvalue weighted by atomic mass is 10.1. The minimum Gasteiger partial charge on any atom is -0.493 e. The zero-order valence-electron chi connectivity index (χ0n) is 17.5. The van der Waals surface area contributed by atoms with Crippen molar-refractivity contribution < 1.29 is 32.2 Å². The van der Waals surface area contributed by atoms with Crippen LogP contribution >= 0.6 is 11.6 Å². The number of halogens is 1. The number of ether oxygens (including phenoxy) is 3. The molecule has 0 spiro atoms. The first kappa shape index (κ1) is 24.4. The highest BCUT2D eigenvalue weighted by Gasteiger charge is 2.23. The average Bonchev–Trinajstić information content (AvgIpc) is 2.73. The second-order valence-corrected chi connectivity index (χ2v) is 8.87. The fourth-order valence-electron chi connectivity index (χ4n) is 2.70. The number of esters is 1. The second kappa shape index (κ2) is 10.5. The van der Waals surface area contributed by atoms with E-state index in [-0.39, 0.29) is 29.3 Å². The van der Waals surface area contributed by atoms with Crippen LogP contribution in [0, 0.1) is 0 Å². The van der Waals surface area contributed by atoms with E-state index in [1.807, 2.05) is 0 Å². The Kier molecular flexibility index (Phi) is 8.26. The number of hydrogen-bond donors (Lipinski definition) is 1. The zero-order chi connectivity index (χ0) is 23.2. The van der Waals surface area contributed by atoms with Crippen molar-refractivity contribution >= 4 is 39.2 Å². The number of methoxy groups -OCH3 is 3. The van der Waals surface area contributed by atoms with Gasteiger partial charge < -0.3 is 19.5 Å². The van der Waals surface area contributed by atoms with Gasteiger partial charge in [-0.15, -0.1) is 0 Å². The SMILES string of the molecule is COC(=O)c1cc(OC)c(OC)cc1NC(=O)CN(Cc1ccc(Cl)cc1)S(C)(=O)=O. The third-order valence-electron chi connectivity index (χ3n) is 4.26. The van der Waals surface area contributed by atoms with Crippen LogP contribution in [0.15, 0.2) is 36.4 Å². The number of nitrogens with one attached hydrogen (secondary N) is 1. The maximum Gasteiger partial charge on any atom is 0.340 e. The summed E-state index contributed by atoms with van der Waals surface area (Å²) in [4.78, 5) is 24.8. The normalized spacial score (nSPS) is 11.2. The lowest BCUT2D eigenvalue weighted by molar-refractivity contribution is -0.116. The van der Waals surface area contributed by atoms with Crippen molar-refractivity contribution in [1.82, 2.24) is 4.31 Å². The standard InChI is InChI=1S/C20H23ClN2O7S/c1-28-17-9-15(20(25)30-3)16(10-18(17)29-2)22-19(24)12-23(31(4,26)27)11-13-5-7-14(21)8-6-13/h5-10H,11-12H2,1-4H3,(H,22,24). The summed E-state index contributed by atoms with van der Waals surface area (Å²) in [5.74, 6) is -0.831. The summed E-state index contributed by atoms with van der Waals surface area (Å²) in [6.45, 7) is -0.504. The van der Waals surface area contributed by atoms with Crippen LogP contribution in [0.1, 0.15) is 15.9 Å². The summed E-state index contributed by atoms with van der Waals surface area (Å²) in [6.07, 6.45) is 1.01. The molecule has 0 saturated heterocycles. The summed E-state index contributed by atoms with van der Waals surface area (Å²) < 4.78 is 40.5. The predicted molar refractivity (Wildman–Crippen MR) is 116 cm³/mol. The van der Waals surface area contributed by atoms with Gasteiger partial charge in [0.25, 0.3) is 0 Å². The molecule has 11 heteroatoms. The predicted octanol–water partition coefficient (Wildman–Crippen LogP) is 2.54. The first-order chi connectivity index (χ1) is 14.6. The Hall–Kier alpha value is -2.82. The molecule has 0 fully saturated rings. The van der Waals surface area contributed by atoms with Crippen LogP contribution in [-0.2, 0) is 26.1 Å². The van der Waals surface area contributed by atoms with E-state index in [4.69, 9.17) is 25.8 Å². The number of nitrogens with zero attached hydrogens (tertiary/aromatic N) is 1. The van der Waals surface area contributed by atoms with Gasteiger partial charge in [-0.1, -0.05) is 23.7 Å². The summed E-state index contributed by atoms with van der Waals surface area (Å²) in [5.41, 5.74) is 0.774. The van der Waals surface area contributed by atoms with Crippen molar-refractivity contribution in [2.75, 3.05) is 39.4 Å². The largest absolute Gasteiger partial charge is 0.493 e. The Labute approximate surface area is 185 Å². The Morgan fingerprint density at radius 3 is 2.13 bits per heavy atom. The van der Waals surface area contributed by atoms with Crippen LogP contribution in [0.5, 0.6) is 11.5 Å². The maximum atomic E-state index is 12.7. The van der Waals surface area contributed by atoms with E-state index in [0.29, 0.717) is 10.6 Å². The van der Waals surface area contributed by atoms with Crippen LogP contribution in [-0.4, -0.2) is 58.7 Å². The Balaban J connectivity index is 2.29. The molecule has 2 aromatic rings. The van der Waals surface area contributed by atoms with Crippen molar-refractivity contribution in [3.05, 3.63) is 52.5 Å². The van der Waals surface area contributed by atoms with Crippen molar-refractivity contribution in [2.24, 2.45) is 0 Å². The number of benzene rings is 2. The molecule has 0 bridgehead atoms. The van der Waals surface area contributed by atoms with Gasteiger partial charge in [-0.05, 0) is 17.7 Å². The highest BCUT2D eigenvalue weighted by atomic mass is 35.5. The van der Waals surface area contributed by atoms with E-state index in [1.54, 1.807) is 24.3 Å². The smallest absolute Gasteiger partial charge is 0.340 e. The quantitative estimate of drug-likeness (QED) is 0.560. The van der Waals surface area contributed by atoms with E-state index in [0.717, 1.165) is 10.6 Å². The summed E-state index contributed by atoms with van der Waals surface area (Å²) in [6, 6.07) is 9.35. The first-order valence-corrected chi connectivity index (χ1v) is 11.2. The van der Waals surface area contributed by atoms with E-state index >= 15 is 0 Å². The van der Waals surface area contributed by atoms with E-state index < -0.39 is 28.4 Å². The molecule has 0 heterocycles. The zero-order valence-corrected chi connectivity index (χ0v) is 19.0. The Morgan fingerprint density at radius 1 is 1.03 bits per heavy atom. The third kappa shape index (κ3) is 6.58. The third-order valence-corrected chi connectivity index (χ3v) is 5.71. The fraction of sp³-hybridized carbons (Fsp3) is 0.300. The van der Waals surface area contributed by atoms with Crippen LogP contribution < -0.4 is 14.8 Å². The average molecular weight is 471 g/mol. The van der Waals surface area contributed by atoms with E-state index in [9.17, 15) is 18.0 Å². The molecule has 0 aliphatic carbocycles. The molecule has 0 aromatic heterocycles. The number of carbonyl (C=O) groups is 2. The van der Waals surface area contributed by atoms with Crippen molar-refractivity contribution in [1.29, 1.82) is 0 Å². The molecule has 0 unspecified atom stereocenters. The van der Waals surface area contributed by atoms with Gasteiger partial charge in [0.2, 0.25) is 15.9 Å². The first-order valence-electron chi connectivity index (χ1n) is 8.92. The number of sulfonamides is 1. The monoisotopic (exact) mass is 470 g/mol. The lowest BCUT2D eigenvalue weighted by Crippen LogP contribution is -2.37. The Bertz CT molecular complexity index is 1060. The molecule has 0 aliphatic rings. The van der Waals surface area contributed by atoms with Crippen LogP contribution in [0.4, 0.5) is 5.69 Å². The number of hydrogen-bond acceptors (Lipinski definition) is 7. The molecular formula is C20H23ClN2O7S. The van der Waals surface area contributed by atoms with Crippen molar-refractivity contribution in [2.45, 2.75) is 6.54 Å². The molecule has 168 valence electrons. The molecular weight excluding hydrogens is 448 g/mol. The lowest BCUT2D eigenvalue weighted by Gasteiger charge is -2.20. The van der Waals surface area contributed by atoms with Crippen LogP contribution in [0.3, 0.4) is 0 Å². The number of carbonyl (C=O) groups excluding carboxylic acids is 2. The molecule has 0 aliphatic heterocycles. The van der Waals surface area contributed by atoms with E-state index in [1.165, 1.54) is 33.5 Å².